The van der Waals surface area contributed by atoms with Crippen LogP contribution < -0.4 is 4.74 Å². The minimum absolute atomic E-state index is 0.105. The number of carbonyl (C=O) groups is 1. The summed E-state index contributed by atoms with van der Waals surface area (Å²) in [7, 11) is 0. The minimum atomic E-state index is -0.422. The van der Waals surface area contributed by atoms with Crippen molar-refractivity contribution in [1.82, 2.24) is 4.98 Å². The molecule has 0 aliphatic carbocycles. The minimum Gasteiger partial charge on any atom is -0.441 e. The second-order valence-corrected chi connectivity index (χ2v) is 5.94. The molecule has 0 unspecified atom stereocenters. The first-order valence-electron chi connectivity index (χ1n) is 7.69. The van der Waals surface area contributed by atoms with Crippen LogP contribution in [0, 0.1) is 12.7 Å². The van der Waals surface area contributed by atoms with Gasteiger partial charge >= 0.3 is 5.97 Å². The van der Waals surface area contributed by atoms with Crippen molar-refractivity contribution in [2.75, 3.05) is 0 Å². The van der Waals surface area contributed by atoms with Crippen LogP contribution >= 0.6 is 11.6 Å². The Kier molecular flexibility index (Phi) is 5.14. The average Bonchev–Trinajstić information content (AvgIpc) is 3.06. The molecule has 0 aliphatic heterocycles. The molecule has 6 heteroatoms. The van der Waals surface area contributed by atoms with E-state index in [2.05, 4.69) is 4.98 Å². The van der Waals surface area contributed by atoms with Crippen LogP contribution in [0.1, 0.15) is 17.9 Å². The van der Waals surface area contributed by atoms with Gasteiger partial charge in [0.05, 0.1) is 17.6 Å². The number of hydrogen-bond acceptors (Lipinski definition) is 4. The Hall–Kier alpha value is -2.66. The lowest BCUT2D eigenvalue weighted by atomic mass is 10.2. The number of aromatic nitrogens is 1. The lowest BCUT2D eigenvalue weighted by Gasteiger charge is -2.06. The van der Waals surface area contributed by atoms with Crippen molar-refractivity contribution >= 4 is 17.6 Å². The highest BCUT2D eigenvalue weighted by Gasteiger charge is 2.12. The second kappa shape index (κ2) is 7.49. The summed E-state index contributed by atoms with van der Waals surface area (Å²) in [6.45, 7) is 1.89. The topological polar surface area (TPSA) is 52.3 Å². The Labute approximate surface area is 149 Å². The fourth-order valence-electron chi connectivity index (χ4n) is 2.24. The number of oxazole rings is 1. The third-order valence-electron chi connectivity index (χ3n) is 3.54. The number of rotatable bonds is 5. The van der Waals surface area contributed by atoms with Gasteiger partial charge in [0.2, 0.25) is 0 Å². The van der Waals surface area contributed by atoms with Crippen molar-refractivity contribution in [1.29, 1.82) is 0 Å². The molecule has 0 amide bonds. The number of ether oxygens (including phenoxy) is 1. The summed E-state index contributed by atoms with van der Waals surface area (Å²) in [5.74, 6) is 0.526. The van der Waals surface area contributed by atoms with E-state index in [1.165, 1.54) is 12.1 Å². The van der Waals surface area contributed by atoms with Crippen molar-refractivity contribution in [3.05, 3.63) is 71.0 Å². The summed E-state index contributed by atoms with van der Waals surface area (Å²) in [4.78, 5) is 16.1. The fourth-order valence-corrected chi connectivity index (χ4v) is 2.40. The van der Waals surface area contributed by atoms with Gasteiger partial charge in [0.1, 0.15) is 11.6 Å². The van der Waals surface area contributed by atoms with Crippen LogP contribution in [0.25, 0.3) is 11.3 Å². The van der Waals surface area contributed by atoms with Gasteiger partial charge in [-0.25, -0.2) is 9.37 Å². The number of esters is 1. The predicted octanol–water partition coefficient (Wildman–Crippen LogP) is 4.98. The predicted molar refractivity (Wildman–Crippen MR) is 92.0 cm³/mol. The quantitative estimate of drug-likeness (QED) is 0.476. The smallest absolute Gasteiger partial charge is 0.311 e. The van der Waals surface area contributed by atoms with E-state index < -0.39 is 5.97 Å². The van der Waals surface area contributed by atoms with Gasteiger partial charge in [-0.1, -0.05) is 17.7 Å². The molecule has 1 heterocycles. The van der Waals surface area contributed by atoms with Gasteiger partial charge in [0, 0.05) is 12.0 Å². The maximum Gasteiger partial charge on any atom is 0.311 e. The molecule has 0 spiro atoms. The Balaban J connectivity index is 1.59. The van der Waals surface area contributed by atoms with Crippen LogP contribution in [0.2, 0.25) is 5.02 Å². The van der Waals surface area contributed by atoms with Gasteiger partial charge < -0.3 is 9.15 Å². The molecular weight excluding hydrogens is 345 g/mol. The molecule has 1 aromatic heterocycles. The van der Waals surface area contributed by atoms with Crippen molar-refractivity contribution in [3.8, 4) is 17.1 Å². The van der Waals surface area contributed by atoms with Crippen LogP contribution in [-0.4, -0.2) is 11.0 Å². The molecule has 0 bridgehead atoms. The Morgan fingerprint density at radius 3 is 2.76 bits per heavy atom. The maximum absolute atomic E-state index is 12.9. The molecule has 0 atom stereocenters. The summed E-state index contributed by atoms with van der Waals surface area (Å²) in [5.41, 5.74) is 1.66. The number of benzene rings is 2. The molecule has 128 valence electrons. The first-order valence-corrected chi connectivity index (χ1v) is 8.06. The lowest BCUT2D eigenvalue weighted by Crippen LogP contribution is -2.09. The molecule has 0 N–H and O–H groups in total. The van der Waals surface area contributed by atoms with E-state index in [-0.39, 0.29) is 12.2 Å². The Bertz CT molecular complexity index is 890. The molecule has 0 fully saturated rings. The molecular formula is C19H15ClFNO3. The highest BCUT2D eigenvalue weighted by atomic mass is 35.5. The maximum atomic E-state index is 12.9. The number of halogens is 2. The normalized spacial score (nSPS) is 10.7. The first-order chi connectivity index (χ1) is 12.0. The van der Waals surface area contributed by atoms with Crippen LogP contribution in [0.4, 0.5) is 4.39 Å². The highest BCUT2D eigenvalue weighted by Crippen LogP contribution is 2.26. The summed E-state index contributed by atoms with van der Waals surface area (Å²) in [6, 6.07) is 11.1. The van der Waals surface area contributed by atoms with E-state index >= 15 is 0 Å². The van der Waals surface area contributed by atoms with Gasteiger partial charge in [-0.3, -0.25) is 4.79 Å². The Morgan fingerprint density at radius 1 is 1.24 bits per heavy atom. The SMILES string of the molecule is Cc1ccc(Cl)c(OC(=O)CCc2ncc(-c3ccc(F)cc3)o2)c1. The largest absolute Gasteiger partial charge is 0.441 e. The number of hydrogen-bond donors (Lipinski definition) is 0. The first kappa shape index (κ1) is 17.2. The summed E-state index contributed by atoms with van der Waals surface area (Å²) < 4.78 is 23.8. The van der Waals surface area contributed by atoms with Crippen LogP contribution in [0.3, 0.4) is 0 Å². The van der Waals surface area contributed by atoms with Crippen molar-refractivity contribution in [2.45, 2.75) is 19.8 Å². The zero-order chi connectivity index (χ0) is 17.8. The summed E-state index contributed by atoms with van der Waals surface area (Å²) >= 11 is 6.00. The Morgan fingerprint density at radius 2 is 2.00 bits per heavy atom. The van der Waals surface area contributed by atoms with Gasteiger partial charge in [0.15, 0.2) is 11.7 Å². The molecule has 25 heavy (non-hydrogen) atoms. The van der Waals surface area contributed by atoms with Crippen molar-refractivity contribution in [2.24, 2.45) is 0 Å². The molecule has 0 aliphatic rings. The lowest BCUT2D eigenvalue weighted by molar-refractivity contribution is -0.134. The van der Waals surface area contributed by atoms with Crippen molar-refractivity contribution < 1.29 is 18.3 Å². The van der Waals surface area contributed by atoms with Crippen LogP contribution in [0.15, 0.2) is 53.1 Å². The van der Waals surface area contributed by atoms with Gasteiger partial charge in [-0.05, 0) is 48.9 Å². The van der Waals surface area contributed by atoms with E-state index in [9.17, 15) is 9.18 Å². The number of nitrogens with zero attached hydrogens (tertiary/aromatic N) is 1. The van der Waals surface area contributed by atoms with E-state index in [0.717, 1.165) is 5.56 Å². The molecule has 0 saturated heterocycles. The zero-order valence-corrected chi connectivity index (χ0v) is 14.2. The van der Waals surface area contributed by atoms with E-state index in [1.807, 2.05) is 13.0 Å². The molecule has 3 aromatic rings. The summed E-state index contributed by atoms with van der Waals surface area (Å²) in [6.07, 6.45) is 1.95. The third kappa shape index (κ3) is 4.45. The van der Waals surface area contributed by atoms with E-state index in [0.29, 0.717) is 34.4 Å². The van der Waals surface area contributed by atoms with Crippen LogP contribution in [0.5, 0.6) is 5.75 Å². The van der Waals surface area contributed by atoms with Gasteiger partial charge in [0.25, 0.3) is 0 Å². The zero-order valence-electron chi connectivity index (χ0n) is 13.5. The van der Waals surface area contributed by atoms with Crippen LogP contribution in [-0.2, 0) is 11.2 Å². The van der Waals surface area contributed by atoms with Crippen molar-refractivity contribution in [3.63, 3.8) is 0 Å². The van der Waals surface area contributed by atoms with Gasteiger partial charge in [-0.15, -0.1) is 0 Å². The molecule has 0 radical (unpaired) electrons. The number of aryl methyl sites for hydroxylation is 2. The molecule has 4 nitrogen and oxygen atoms in total. The fraction of sp³-hybridized carbons (Fsp3) is 0.158. The standard InChI is InChI=1S/C19H15ClFNO3/c1-12-2-7-15(20)16(10-12)25-19(23)9-8-18-22-11-17(24-18)13-3-5-14(21)6-4-13/h2-7,10-11H,8-9H2,1H3. The monoisotopic (exact) mass is 359 g/mol. The van der Waals surface area contributed by atoms with E-state index in [4.69, 9.17) is 20.8 Å². The molecule has 2 aromatic carbocycles. The highest BCUT2D eigenvalue weighted by molar-refractivity contribution is 6.32. The molecule has 3 rings (SSSR count). The number of carbonyl (C=O) groups excluding carboxylic acids is 1. The average molecular weight is 360 g/mol. The van der Waals surface area contributed by atoms with E-state index in [1.54, 1.807) is 30.5 Å². The summed E-state index contributed by atoms with van der Waals surface area (Å²) in [5, 5.41) is 0.383. The third-order valence-corrected chi connectivity index (χ3v) is 3.85. The molecule has 0 saturated carbocycles. The second-order valence-electron chi connectivity index (χ2n) is 5.53. The van der Waals surface area contributed by atoms with Gasteiger partial charge in [-0.2, -0.15) is 0 Å².